The van der Waals surface area contributed by atoms with Gasteiger partial charge in [-0.15, -0.1) is 0 Å². The molecule has 0 spiro atoms. The molecule has 1 aliphatic carbocycles. The number of nitrogens with zero attached hydrogens (tertiary/aromatic N) is 1. The fourth-order valence-electron chi connectivity index (χ4n) is 3.59. The number of likely N-dealkylation sites (tertiary alicyclic amines) is 1. The highest BCUT2D eigenvalue weighted by Crippen LogP contribution is 2.35. The van der Waals surface area contributed by atoms with Gasteiger partial charge in [0.1, 0.15) is 0 Å². The minimum Gasteiger partial charge on any atom is -0.338 e. The average molecular weight is 252 g/mol. The summed E-state index contributed by atoms with van der Waals surface area (Å²) >= 11 is 0. The highest BCUT2D eigenvalue weighted by molar-refractivity contribution is 5.82. The smallest absolute Gasteiger partial charge is 0.240 e. The molecule has 1 heterocycles. The van der Waals surface area contributed by atoms with Crippen LogP contribution in [0.4, 0.5) is 0 Å². The lowest BCUT2D eigenvalue weighted by molar-refractivity contribution is -0.135. The van der Waals surface area contributed by atoms with Crippen molar-refractivity contribution in [2.24, 2.45) is 17.6 Å². The second-order valence-corrected chi connectivity index (χ2v) is 6.20. The Morgan fingerprint density at radius 3 is 2.56 bits per heavy atom. The number of carbonyl (C=O) groups is 1. The third kappa shape index (κ3) is 2.71. The van der Waals surface area contributed by atoms with E-state index >= 15 is 0 Å². The van der Waals surface area contributed by atoms with Crippen LogP contribution < -0.4 is 5.73 Å². The van der Waals surface area contributed by atoms with Crippen LogP contribution in [0.2, 0.25) is 0 Å². The molecular formula is C15H28N2O. The minimum atomic E-state index is -0.294. The van der Waals surface area contributed by atoms with E-state index in [2.05, 4.69) is 18.7 Å². The van der Waals surface area contributed by atoms with Crippen LogP contribution in [0, 0.1) is 11.8 Å². The highest BCUT2D eigenvalue weighted by atomic mass is 16.2. The number of amides is 1. The molecule has 0 radical (unpaired) electrons. The maximum Gasteiger partial charge on any atom is 0.240 e. The zero-order valence-electron chi connectivity index (χ0n) is 11.9. The topological polar surface area (TPSA) is 46.3 Å². The van der Waals surface area contributed by atoms with Gasteiger partial charge in [-0.2, -0.15) is 0 Å². The lowest BCUT2D eigenvalue weighted by Gasteiger charge is -2.32. The largest absolute Gasteiger partial charge is 0.338 e. The lowest BCUT2D eigenvalue weighted by atomic mass is 9.94. The summed E-state index contributed by atoms with van der Waals surface area (Å²) in [6, 6.07) is 0.201. The quantitative estimate of drug-likeness (QED) is 0.835. The molecule has 0 bridgehead atoms. The van der Waals surface area contributed by atoms with Gasteiger partial charge in [0.15, 0.2) is 0 Å². The van der Waals surface area contributed by atoms with Crippen LogP contribution in [0.5, 0.6) is 0 Å². The van der Waals surface area contributed by atoms with Crippen LogP contribution in [0.15, 0.2) is 0 Å². The van der Waals surface area contributed by atoms with Crippen LogP contribution in [0.3, 0.4) is 0 Å². The Morgan fingerprint density at radius 2 is 1.94 bits per heavy atom. The predicted molar refractivity (Wildman–Crippen MR) is 74.1 cm³/mol. The van der Waals surface area contributed by atoms with Gasteiger partial charge in [-0.05, 0) is 37.5 Å². The molecule has 2 unspecified atom stereocenters. The summed E-state index contributed by atoms with van der Waals surface area (Å²) in [6.07, 6.45) is 8.67. The Bertz CT molecular complexity index is 286. The van der Waals surface area contributed by atoms with Crippen molar-refractivity contribution in [3.05, 3.63) is 0 Å². The Hall–Kier alpha value is -0.570. The average Bonchev–Trinajstić information content (AvgIpc) is 3.05. The molecule has 104 valence electrons. The van der Waals surface area contributed by atoms with Gasteiger partial charge < -0.3 is 10.6 Å². The van der Waals surface area contributed by atoms with E-state index in [4.69, 9.17) is 5.73 Å². The van der Waals surface area contributed by atoms with E-state index in [9.17, 15) is 4.79 Å². The van der Waals surface area contributed by atoms with Gasteiger partial charge in [0, 0.05) is 12.6 Å². The number of hydrogen-bond acceptors (Lipinski definition) is 2. The van der Waals surface area contributed by atoms with Crippen molar-refractivity contribution in [3.63, 3.8) is 0 Å². The SMILES string of the molecule is CCC(C)[C@H](N)C(=O)N1CCCC1C1CCCC1. The second kappa shape index (κ2) is 6.05. The maximum atomic E-state index is 12.5. The van der Waals surface area contributed by atoms with Gasteiger partial charge in [-0.1, -0.05) is 33.1 Å². The van der Waals surface area contributed by atoms with Crippen LogP contribution >= 0.6 is 0 Å². The molecule has 2 rings (SSSR count). The van der Waals surface area contributed by atoms with E-state index in [-0.39, 0.29) is 11.9 Å². The number of nitrogens with two attached hydrogens (primary N) is 1. The summed E-state index contributed by atoms with van der Waals surface area (Å²) in [5.74, 6) is 1.25. The fraction of sp³-hybridized carbons (Fsp3) is 0.933. The fourth-order valence-corrected chi connectivity index (χ4v) is 3.59. The van der Waals surface area contributed by atoms with Crippen LogP contribution in [-0.4, -0.2) is 29.4 Å². The molecule has 3 nitrogen and oxygen atoms in total. The van der Waals surface area contributed by atoms with Crippen molar-refractivity contribution in [1.82, 2.24) is 4.90 Å². The van der Waals surface area contributed by atoms with E-state index < -0.39 is 0 Å². The van der Waals surface area contributed by atoms with Crippen LogP contribution in [0.1, 0.15) is 58.8 Å². The summed E-state index contributed by atoms with van der Waals surface area (Å²) in [5, 5.41) is 0. The molecule has 1 saturated heterocycles. The first-order chi connectivity index (χ1) is 8.65. The number of carbonyl (C=O) groups excluding carboxylic acids is 1. The van der Waals surface area contributed by atoms with Gasteiger partial charge >= 0.3 is 0 Å². The van der Waals surface area contributed by atoms with Crippen LogP contribution in [-0.2, 0) is 4.79 Å². The lowest BCUT2D eigenvalue weighted by Crippen LogP contribution is -2.50. The Morgan fingerprint density at radius 1 is 1.28 bits per heavy atom. The molecule has 1 saturated carbocycles. The minimum absolute atomic E-state index is 0.207. The molecule has 2 N–H and O–H groups in total. The van der Waals surface area contributed by atoms with Gasteiger partial charge in [0.2, 0.25) is 5.91 Å². The zero-order valence-corrected chi connectivity index (χ0v) is 11.9. The summed E-state index contributed by atoms with van der Waals surface area (Å²) in [4.78, 5) is 14.6. The van der Waals surface area contributed by atoms with E-state index in [1.807, 2.05) is 0 Å². The molecule has 0 aromatic carbocycles. The molecule has 1 aliphatic heterocycles. The maximum absolute atomic E-state index is 12.5. The number of rotatable bonds is 4. The highest BCUT2D eigenvalue weighted by Gasteiger charge is 2.38. The van der Waals surface area contributed by atoms with Crippen molar-refractivity contribution in [2.75, 3.05) is 6.54 Å². The summed E-state index contributed by atoms with van der Waals surface area (Å²) in [6.45, 7) is 5.13. The Kier molecular flexibility index (Phi) is 4.66. The standard InChI is InChI=1S/C15H28N2O/c1-3-11(2)14(16)15(18)17-10-6-9-13(17)12-7-4-5-8-12/h11-14H,3-10,16H2,1-2H3/t11?,13?,14-/m0/s1. The molecule has 3 atom stereocenters. The molecule has 2 aliphatic rings. The van der Waals surface area contributed by atoms with Crippen molar-refractivity contribution < 1.29 is 4.79 Å². The van der Waals surface area contributed by atoms with Crippen molar-refractivity contribution in [3.8, 4) is 0 Å². The van der Waals surface area contributed by atoms with Gasteiger partial charge in [0.25, 0.3) is 0 Å². The van der Waals surface area contributed by atoms with Gasteiger partial charge in [-0.3, -0.25) is 4.79 Å². The predicted octanol–water partition coefficient (Wildman–Crippen LogP) is 2.54. The van der Waals surface area contributed by atoms with Crippen molar-refractivity contribution in [1.29, 1.82) is 0 Å². The van der Waals surface area contributed by atoms with E-state index in [0.29, 0.717) is 12.0 Å². The molecular weight excluding hydrogens is 224 g/mol. The molecule has 3 heteroatoms. The van der Waals surface area contributed by atoms with E-state index in [1.165, 1.54) is 38.5 Å². The molecule has 18 heavy (non-hydrogen) atoms. The normalized spacial score (nSPS) is 28.6. The molecule has 2 fully saturated rings. The van der Waals surface area contributed by atoms with Gasteiger partial charge in [0.05, 0.1) is 6.04 Å². The second-order valence-electron chi connectivity index (χ2n) is 6.20. The Labute approximate surface area is 111 Å². The van der Waals surface area contributed by atoms with Crippen molar-refractivity contribution in [2.45, 2.75) is 70.9 Å². The summed E-state index contributed by atoms with van der Waals surface area (Å²) in [7, 11) is 0. The number of hydrogen-bond donors (Lipinski definition) is 1. The Balaban J connectivity index is 1.99. The third-order valence-electron chi connectivity index (χ3n) is 5.07. The van der Waals surface area contributed by atoms with Crippen molar-refractivity contribution >= 4 is 5.91 Å². The monoisotopic (exact) mass is 252 g/mol. The molecule has 0 aromatic rings. The van der Waals surface area contributed by atoms with E-state index in [1.54, 1.807) is 0 Å². The zero-order chi connectivity index (χ0) is 13.1. The summed E-state index contributed by atoms with van der Waals surface area (Å²) in [5.41, 5.74) is 6.12. The van der Waals surface area contributed by atoms with Crippen LogP contribution in [0.25, 0.3) is 0 Å². The molecule has 0 aromatic heterocycles. The molecule has 1 amide bonds. The summed E-state index contributed by atoms with van der Waals surface area (Å²) < 4.78 is 0. The third-order valence-corrected chi connectivity index (χ3v) is 5.07. The van der Waals surface area contributed by atoms with Gasteiger partial charge in [-0.25, -0.2) is 0 Å². The van der Waals surface area contributed by atoms with E-state index in [0.717, 1.165) is 18.9 Å². The first-order valence-electron chi connectivity index (χ1n) is 7.71. The first kappa shape index (κ1) is 13.9. The first-order valence-corrected chi connectivity index (χ1v) is 7.71.